The molecule has 0 saturated carbocycles. The van der Waals surface area contributed by atoms with Crippen molar-refractivity contribution in [3.05, 3.63) is 47.3 Å². The SMILES string of the molecule is COC(=O)C(C)CN(Cc1ccccc1)S(=O)(=O)c1c(C)nn(C)c1C. The molecule has 0 aliphatic carbocycles. The highest BCUT2D eigenvalue weighted by Crippen LogP contribution is 2.25. The summed E-state index contributed by atoms with van der Waals surface area (Å²) in [6, 6.07) is 9.28. The minimum atomic E-state index is -3.83. The fourth-order valence-corrected chi connectivity index (χ4v) is 4.79. The van der Waals surface area contributed by atoms with E-state index in [0.717, 1.165) is 5.56 Å². The molecule has 2 rings (SSSR count). The molecule has 8 heteroatoms. The molecule has 1 unspecified atom stereocenters. The van der Waals surface area contributed by atoms with E-state index in [1.807, 2.05) is 30.3 Å². The molecule has 142 valence electrons. The quantitative estimate of drug-likeness (QED) is 0.688. The van der Waals surface area contributed by atoms with Crippen molar-refractivity contribution in [2.75, 3.05) is 13.7 Å². The molecular weight excluding hydrogens is 354 g/mol. The first-order valence-corrected chi connectivity index (χ1v) is 9.74. The molecular formula is C18H25N3O4S. The number of aromatic nitrogens is 2. The summed E-state index contributed by atoms with van der Waals surface area (Å²) < 4.78 is 34.3. The van der Waals surface area contributed by atoms with Crippen LogP contribution in [0, 0.1) is 19.8 Å². The van der Waals surface area contributed by atoms with Crippen molar-refractivity contribution in [1.82, 2.24) is 14.1 Å². The van der Waals surface area contributed by atoms with Gasteiger partial charge in [0, 0.05) is 20.1 Å². The summed E-state index contributed by atoms with van der Waals surface area (Å²) in [6.45, 7) is 5.24. The molecule has 0 fully saturated rings. The Morgan fingerprint density at radius 1 is 1.27 bits per heavy atom. The first-order chi connectivity index (χ1) is 12.2. The lowest BCUT2D eigenvalue weighted by Crippen LogP contribution is -2.37. The van der Waals surface area contributed by atoms with Crippen molar-refractivity contribution in [3.8, 4) is 0 Å². The lowest BCUT2D eigenvalue weighted by Gasteiger charge is -2.24. The normalized spacial score (nSPS) is 13.0. The van der Waals surface area contributed by atoms with Crippen molar-refractivity contribution in [3.63, 3.8) is 0 Å². The fraction of sp³-hybridized carbons (Fsp3) is 0.444. The molecule has 1 aromatic carbocycles. The van der Waals surface area contributed by atoms with Crippen LogP contribution in [-0.2, 0) is 33.1 Å². The Kier molecular flexibility index (Phi) is 6.20. The van der Waals surface area contributed by atoms with Gasteiger partial charge in [-0.05, 0) is 19.4 Å². The van der Waals surface area contributed by atoms with Gasteiger partial charge in [-0.1, -0.05) is 37.3 Å². The highest BCUT2D eigenvalue weighted by atomic mass is 32.2. The van der Waals surface area contributed by atoms with E-state index in [1.54, 1.807) is 32.5 Å². The molecule has 0 spiro atoms. The number of sulfonamides is 1. The van der Waals surface area contributed by atoms with E-state index in [9.17, 15) is 13.2 Å². The van der Waals surface area contributed by atoms with E-state index < -0.39 is 21.9 Å². The Labute approximate surface area is 154 Å². The lowest BCUT2D eigenvalue weighted by atomic mass is 10.1. The number of benzene rings is 1. The third-order valence-corrected chi connectivity index (χ3v) is 6.39. The van der Waals surface area contributed by atoms with Crippen LogP contribution in [0.4, 0.5) is 0 Å². The van der Waals surface area contributed by atoms with Gasteiger partial charge in [0.15, 0.2) is 0 Å². The van der Waals surface area contributed by atoms with Crippen molar-refractivity contribution >= 4 is 16.0 Å². The molecule has 0 N–H and O–H groups in total. The second-order valence-corrected chi connectivity index (χ2v) is 8.21. The summed E-state index contributed by atoms with van der Waals surface area (Å²) in [7, 11) is -0.830. The van der Waals surface area contributed by atoms with Crippen LogP contribution in [0.5, 0.6) is 0 Å². The van der Waals surface area contributed by atoms with Crippen molar-refractivity contribution in [1.29, 1.82) is 0 Å². The molecule has 0 bridgehead atoms. The van der Waals surface area contributed by atoms with Gasteiger partial charge in [0.1, 0.15) is 4.90 Å². The number of nitrogens with zero attached hydrogens (tertiary/aromatic N) is 3. The standard InChI is InChI=1S/C18H25N3O4S/c1-13(18(22)25-5)11-21(12-16-9-7-6-8-10-16)26(23,24)17-14(2)19-20(4)15(17)3/h6-10,13H,11-12H2,1-5H3. The number of ether oxygens (including phenoxy) is 1. The minimum Gasteiger partial charge on any atom is -0.469 e. The number of carbonyl (C=O) groups excluding carboxylic acids is 1. The number of carbonyl (C=O) groups is 1. The molecule has 0 aliphatic heterocycles. The van der Waals surface area contributed by atoms with E-state index >= 15 is 0 Å². The zero-order chi connectivity index (χ0) is 19.5. The van der Waals surface area contributed by atoms with Crippen LogP contribution in [0.3, 0.4) is 0 Å². The van der Waals surface area contributed by atoms with Gasteiger partial charge < -0.3 is 4.74 Å². The van der Waals surface area contributed by atoms with Crippen LogP contribution in [0.25, 0.3) is 0 Å². The van der Waals surface area contributed by atoms with Crippen LogP contribution in [0.15, 0.2) is 35.2 Å². The maximum atomic E-state index is 13.4. The third-order valence-electron chi connectivity index (χ3n) is 4.32. The summed E-state index contributed by atoms with van der Waals surface area (Å²) in [4.78, 5) is 12.0. The second-order valence-electron chi connectivity index (χ2n) is 6.33. The van der Waals surface area contributed by atoms with Gasteiger partial charge in [-0.2, -0.15) is 9.40 Å². The number of hydrogen-bond acceptors (Lipinski definition) is 5. The molecule has 7 nitrogen and oxygen atoms in total. The zero-order valence-electron chi connectivity index (χ0n) is 15.8. The molecule has 0 radical (unpaired) electrons. The van der Waals surface area contributed by atoms with E-state index in [0.29, 0.717) is 11.4 Å². The van der Waals surface area contributed by atoms with Gasteiger partial charge in [0.2, 0.25) is 10.0 Å². The highest BCUT2D eigenvalue weighted by molar-refractivity contribution is 7.89. The van der Waals surface area contributed by atoms with E-state index in [-0.39, 0.29) is 18.0 Å². The summed E-state index contributed by atoms with van der Waals surface area (Å²) >= 11 is 0. The Morgan fingerprint density at radius 3 is 2.38 bits per heavy atom. The predicted molar refractivity (Wildman–Crippen MR) is 97.9 cm³/mol. The second kappa shape index (κ2) is 8.01. The van der Waals surface area contributed by atoms with Gasteiger partial charge in [0.25, 0.3) is 0 Å². The molecule has 1 heterocycles. The van der Waals surface area contributed by atoms with Gasteiger partial charge >= 0.3 is 5.97 Å². The van der Waals surface area contributed by atoms with Crippen molar-refractivity contribution in [2.45, 2.75) is 32.2 Å². The molecule has 0 saturated heterocycles. The van der Waals surface area contributed by atoms with E-state index in [1.165, 1.54) is 11.4 Å². The summed E-state index contributed by atoms with van der Waals surface area (Å²) in [5.74, 6) is -1.03. The van der Waals surface area contributed by atoms with Crippen LogP contribution in [0.2, 0.25) is 0 Å². The van der Waals surface area contributed by atoms with E-state index in [4.69, 9.17) is 4.74 Å². The lowest BCUT2D eigenvalue weighted by molar-refractivity contribution is -0.145. The summed E-state index contributed by atoms with van der Waals surface area (Å²) in [5.41, 5.74) is 1.84. The van der Waals surface area contributed by atoms with Crippen molar-refractivity contribution < 1.29 is 17.9 Å². The van der Waals surface area contributed by atoms with Gasteiger partial charge in [0.05, 0.1) is 24.4 Å². The first-order valence-electron chi connectivity index (χ1n) is 8.30. The topological polar surface area (TPSA) is 81.5 Å². The summed E-state index contributed by atoms with van der Waals surface area (Å²) in [5, 5.41) is 4.22. The molecule has 1 aromatic heterocycles. The average molecular weight is 379 g/mol. The van der Waals surface area contributed by atoms with Crippen molar-refractivity contribution in [2.24, 2.45) is 13.0 Å². The first kappa shape index (κ1) is 20.1. The average Bonchev–Trinajstić information content (AvgIpc) is 2.86. The smallest absolute Gasteiger partial charge is 0.309 e. The molecule has 26 heavy (non-hydrogen) atoms. The number of rotatable bonds is 7. The Bertz CT molecular complexity index is 875. The summed E-state index contributed by atoms with van der Waals surface area (Å²) in [6.07, 6.45) is 0. The Hall–Kier alpha value is -2.19. The molecule has 2 aromatic rings. The van der Waals surface area contributed by atoms with Crippen LogP contribution in [0.1, 0.15) is 23.9 Å². The highest BCUT2D eigenvalue weighted by Gasteiger charge is 2.33. The number of methoxy groups -OCH3 is 1. The monoisotopic (exact) mass is 379 g/mol. The molecule has 0 amide bonds. The minimum absolute atomic E-state index is 0.0255. The van der Waals surface area contributed by atoms with Gasteiger partial charge in [-0.3, -0.25) is 9.48 Å². The van der Waals surface area contributed by atoms with Gasteiger partial charge in [-0.15, -0.1) is 0 Å². The largest absolute Gasteiger partial charge is 0.469 e. The zero-order valence-corrected chi connectivity index (χ0v) is 16.6. The van der Waals surface area contributed by atoms with E-state index in [2.05, 4.69) is 5.10 Å². The predicted octanol–water partition coefficient (Wildman–Crippen LogP) is 2.04. The number of esters is 1. The maximum absolute atomic E-state index is 13.4. The number of aryl methyl sites for hydroxylation is 2. The number of hydrogen-bond donors (Lipinski definition) is 0. The molecule has 0 aliphatic rings. The third kappa shape index (κ3) is 4.13. The Balaban J connectivity index is 2.46. The van der Waals surface area contributed by atoms with Crippen LogP contribution < -0.4 is 0 Å². The Morgan fingerprint density at radius 2 is 1.88 bits per heavy atom. The van der Waals surface area contributed by atoms with Crippen LogP contribution in [-0.4, -0.2) is 42.1 Å². The molecule has 1 atom stereocenters. The maximum Gasteiger partial charge on any atom is 0.309 e. The fourth-order valence-electron chi connectivity index (χ4n) is 2.87. The van der Waals surface area contributed by atoms with Gasteiger partial charge in [-0.25, -0.2) is 8.42 Å². The van der Waals surface area contributed by atoms with Crippen LogP contribution >= 0.6 is 0 Å².